The highest BCUT2D eigenvalue weighted by molar-refractivity contribution is 6.48. The van der Waals surface area contributed by atoms with Gasteiger partial charge in [0, 0.05) is 5.03 Å². The van der Waals surface area contributed by atoms with Gasteiger partial charge in [-0.25, -0.2) is 0 Å². The summed E-state index contributed by atoms with van der Waals surface area (Å²) in [6, 6.07) is 7.68. The van der Waals surface area contributed by atoms with Gasteiger partial charge in [0.15, 0.2) is 0 Å². The minimum Gasteiger partial charge on any atom is -0.497 e. The SMILES string of the molecule is COc1ccc(/C(Cl)=C/C=C(C)C)cc1. The van der Waals surface area contributed by atoms with Gasteiger partial charge in [-0.05, 0) is 49.8 Å². The third kappa shape index (κ3) is 3.80. The summed E-state index contributed by atoms with van der Waals surface area (Å²) in [5.74, 6) is 0.838. The molecule has 1 rings (SSSR count). The van der Waals surface area contributed by atoms with Gasteiger partial charge in [0.2, 0.25) is 0 Å². The maximum Gasteiger partial charge on any atom is 0.118 e. The van der Waals surface area contributed by atoms with E-state index in [4.69, 9.17) is 16.3 Å². The Balaban J connectivity index is 2.87. The molecule has 0 aliphatic rings. The van der Waals surface area contributed by atoms with Crippen LogP contribution < -0.4 is 4.74 Å². The van der Waals surface area contributed by atoms with Crippen molar-refractivity contribution in [2.24, 2.45) is 0 Å². The minimum absolute atomic E-state index is 0.735. The third-order valence-electron chi connectivity index (χ3n) is 1.93. The number of methoxy groups -OCH3 is 1. The van der Waals surface area contributed by atoms with Crippen molar-refractivity contribution >= 4 is 16.6 Å². The molecule has 2 heteroatoms. The van der Waals surface area contributed by atoms with Gasteiger partial charge in [-0.1, -0.05) is 23.3 Å². The fourth-order valence-electron chi connectivity index (χ4n) is 1.09. The molecule has 0 amide bonds. The van der Waals surface area contributed by atoms with Crippen molar-refractivity contribution in [1.29, 1.82) is 0 Å². The van der Waals surface area contributed by atoms with E-state index in [2.05, 4.69) is 0 Å². The molecule has 0 atom stereocenters. The van der Waals surface area contributed by atoms with E-state index < -0.39 is 0 Å². The highest BCUT2D eigenvalue weighted by Crippen LogP contribution is 2.21. The highest BCUT2D eigenvalue weighted by Gasteiger charge is 1.97. The fourth-order valence-corrected chi connectivity index (χ4v) is 1.28. The van der Waals surface area contributed by atoms with E-state index in [1.807, 2.05) is 50.3 Å². The summed E-state index contributed by atoms with van der Waals surface area (Å²) >= 11 is 6.12. The molecule has 1 nitrogen and oxygen atoms in total. The summed E-state index contributed by atoms with van der Waals surface area (Å²) in [6.07, 6.45) is 3.89. The first-order valence-electron chi connectivity index (χ1n) is 4.78. The van der Waals surface area contributed by atoms with E-state index in [1.54, 1.807) is 7.11 Å². The second-order valence-corrected chi connectivity index (χ2v) is 3.89. The van der Waals surface area contributed by atoms with Crippen LogP contribution in [0, 0.1) is 0 Å². The number of ether oxygens (including phenoxy) is 1. The van der Waals surface area contributed by atoms with Crippen molar-refractivity contribution in [3.05, 3.63) is 47.6 Å². The van der Waals surface area contributed by atoms with E-state index in [0.717, 1.165) is 16.3 Å². The Hall–Kier alpha value is -1.21. The Morgan fingerprint density at radius 2 is 1.73 bits per heavy atom. The zero-order chi connectivity index (χ0) is 11.3. The van der Waals surface area contributed by atoms with Crippen LogP contribution in [0.15, 0.2) is 42.0 Å². The van der Waals surface area contributed by atoms with Gasteiger partial charge in [0.25, 0.3) is 0 Å². The number of rotatable bonds is 3. The van der Waals surface area contributed by atoms with Crippen LogP contribution in [0.2, 0.25) is 0 Å². The Kier molecular flexibility index (Phi) is 4.44. The molecule has 0 aliphatic heterocycles. The van der Waals surface area contributed by atoms with Crippen molar-refractivity contribution in [2.75, 3.05) is 7.11 Å². The Labute approximate surface area is 96.0 Å². The Morgan fingerprint density at radius 3 is 2.20 bits per heavy atom. The third-order valence-corrected chi connectivity index (χ3v) is 2.27. The van der Waals surface area contributed by atoms with Crippen molar-refractivity contribution in [3.8, 4) is 5.75 Å². The van der Waals surface area contributed by atoms with E-state index in [1.165, 1.54) is 5.57 Å². The molecule has 1 aromatic rings. The zero-order valence-electron chi connectivity index (χ0n) is 9.25. The number of halogens is 1. The van der Waals surface area contributed by atoms with Crippen molar-refractivity contribution in [3.63, 3.8) is 0 Å². The average Bonchev–Trinajstić information content (AvgIpc) is 2.26. The van der Waals surface area contributed by atoms with Crippen molar-refractivity contribution in [2.45, 2.75) is 13.8 Å². The van der Waals surface area contributed by atoms with Crippen molar-refractivity contribution < 1.29 is 4.74 Å². The molecule has 0 fully saturated rings. The molecule has 80 valence electrons. The van der Waals surface area contributed by atoms with Crippen LogP contribution in [0.4, 0.5) is 0 Å². The molecule has 0 unspecified atom stereocenters. The second kappa shape index (κ2) is 5.62. The smallest absolute Gasteiger partial charge is 0.118 e. The molecule has 0 aromatic heterocycles. The van der Waals surface area contributed by atoms with Crippen LogP contribution >= 0.6 is 11.6 Å². The van der Waals surface area contributed by atoms with Gasteiger partial charge < -0.3 is 4.74 Å². The topological polar surface area (TPSA) is 9.23 Å². The molecular formula is C13H15ClO. The summed E-state index contributed by atoms with van der Waals surface area (Å²) in [7, 11) is 1.65. The van der Waals surface area contributed by atoms with Crippen molar-refractivity contribution in [1.82, 2.24) is 0 Å². The molecule has 0 saturated carbocycles. The van der Waals surface area contributed by atoms with Gasteiger partial charge >= 0.3 is 0 Å². The van der Waals surface area contributed by atoms with Gasteiger partial charge in [-0.15, -0.1) is 0 Å². The molecule has 15 heavy (non-hydrogen) atoms. The van der Waals surface area contributed by atoms with E-state index in [-0.39, 0.29) is 0 Å². The predicted molar refractivity (Wildman–Crippen MR) is 66.3 cm³/mol. The van der Waals surface area contributed by atoms with Crippen LogP contribution in [-0.2, 0) is 0 Å². The largest absolute Gasteiger partial charge is 0.497 e. The highest BCUT2D eigenvalue weighted by atomic mass is 35.5. The number of benzene rings is 1. The first-order valence-corrected chi connectivity index (χ1v) is 5.16. The lowest BCUT2D eigenvalue weighted by Crippen LogP contribution is -1.82. The normalized spacial score (nSPS) is 11.1. The van der Waals surface area contributed by atoms with Crippen LogP contribution in [0.1, 0.15) is 19.4 Å². The summed E-state index contributed by atoms with van der Waals surface area (Å²) in [5.41, 5.74) is 2.22. The lowest BCUT2D eigenvalue weighted by molar-refractivity contribution is 0.415. The molecule has 0 radical (unpaired) electrons. The quantitative estimate of drug-likeness (QED) is 0.695. The first kappa shape index (κ1) is 11.9. The van der Waals surface area contributed by atoms with Gasteiger partial charge in [0.1, 0.15) is 5.75 Å². The van der Waals surface area contributed by atoms with E-state index in [9.17, 15) is 0 Å². The Morgan fingerprint density at radius 1 is 1.13 bits per heavy atom. The number of allylic oxidation sites excluding steroid dienone is 3. The maximum absolute atomic E-state index is 6.12. The van der Waals surface area contributed by atoms with Crippen LogP contribution in [0.3, 0.4) is 0 Å². The second-order valence-electron chi connectivity index (χ2n) is 3.49. The standard InChI is InChI=1S/C13H15ClO/c1-10(2)4-9-13(14)11-5-7-12(15-3)8-6-11/h4-9H,1-3H3/b13-9-. The minimum atomic E-state index is 0.735. The summed E-state index contributed by atoms with van der Waals surface area (Å²) in [4.78, 5) is 0. The summed E-state index contributed by atoms with van der Waals surface area (Å²) < 4.78 is 5.07. The van der Waals surface area contributed by atoms with Crippen LogP contribution in [0.25, 0.3) is 5.03 Å². The molecule has 0 N–H and O–H groups in total. The number of hydrogen-bond acceptors (Lipinski definition) is 1. The lowest BCUT2D eigenvalue weighted by Gasteiger charge is -2.01. The predicted octanol–water partition coefficient (Wildman–Crippen LogP) is 4.24. The molecule has 0 aliphatic carbocycles. The maximum atomic E-state index is 6.12. The fraction of sp³-hybridized carbons (Fsp3) is 0.231. The molecule has 0 saturated heterocycles. The van der Waals surface area contributed by atoms with E-state index in [0.29, 0.717) is 0 Å². The van der Waals surface area contributed by atoms with Gasteiger partial charge in [0.05, 0.1) is 7.11 Å². The monoisotopic (exact) mass is 222 g/mol. The molecule has 0 heterocycles. The summed E-state index contributed by atoms with van der Waals surface area (Å²) in [5, 5.41) is 0.735. The molecule has 0 bridgehead atoms. The molecule has 0 spiro atoms. The molecule has 1 aromatic carbocycles. The Bertz CT molecular complexity index is 370. The van der Waals surface area contributed by atoms with Crippen LogP contribution in [-0.4, -0.2) is 7.11 Å². The van der Waals surface area contributed by atoms with Gasteiger partial charge in [-0.2, -0.15) is 0 Å². The lowest BCUT2D eigenvalue weighted by atomic mass is 10.2. The number of hydrogen-bond donors (Lipinski definition) is 0. The first-order chi connectivity index (χ1) is 7.13. The average molecular weight is 223 g/mol. The van der Waals surface area contributed by atoms with E-state index >= 15 is 0 Å². The van der Waals surface area contributed by atoms with Gasteiger partial charge in [-0.3, -0.25) is 0 Å². The zero-order valence-corrected chi connectivity index (χ0v) is 10.0. The van der Waals surface area contributed by atoms with Crippen LogP contribution in [0.5, 0.6) is 5.75 Å². The molecular weight excluding hydrogens is 208 g/mol. The summed E-state index contributed by atoms with van der Waals surface area (Å²) in [6.45, 7) is 4.07.